The van der Waals surface area contributed by atoms with E-state index in [9.17, 15) is 0 Å². The van der Waals surface area contributed by atoms with E-state index in [-0.39, 0.29) is 0 Å². The Morgan fingerprint density at radius 2 is 2.00 bits per heavy atom. The highest BCUT2D eigenvalue weighted by Gasteiger charge is 2.15. The quantitative estimate of drug-likeness (QED) is 0.663. The molecule has 92 valence electrons. The summed E-state index contributed by atoms with van der Waals surface area (Å²) >= 11 is 1.70. The number of aromatic nitrogens is 1. The second-order valence-electron chi connectivity index (χ2n) is 4.85. The van der Waals surface area contributed by atoms with Gasteiger partial charge in [-0.25, -0.2) is 0 Å². The minimum Gasteiger partial charge on any atom is -0.338 e. The molecule has 0 radical (unpaired) electrons. The molecule has 0 aliphatic heterocycles. The van der Waals surface area contributed by atoms with Crippen LogP contribution in [0, 0.1) is 11.8 Å². The Morgan fingerprint density at radius 3 is 2.78 bits per heavy atom. The molecule has 2 aromatic heterocycles. The lowest BCUT2D eigenvalue weighted by atomic mass is 9.95. The Labute approximate surface area is 112 Å². The first-order valence-electron chi connectivity index (χ1n) is 6.64. The average Bonchev–Trinajstić information content (AvgIpc) is 3.09. The smallest absolute Gasteiger partial charge is 0.0926 e. The lowest BCUT2D eigenvalue weighted by Gasteiger charge is -2.24. The molecule has 2 aromatic rings. The van der Waals surface area contributed by atoms with E-state index in [0.29, 0.717) is 6.04 Å². The maximum atomic E-state index is 3.31. The maximum Gasteiger partial charge on any atom is 0.0926 e. The number of rotatable bonds is 1. The summed E-state index contributed by atoms with van der Waals surface area (Å²) in [6.45, 7) is 0. The monoisotopic (exact) mass is 255 g/mol. The molecule has 1 fully saturated rings. The third-order valence-electron chi connectivity index (χ3n) is 3.60. The van der Waals surface area contributed by atoms with Crippen molar-refractivity contribution >= 4 is 11.3 Å². The summed E-state index contributed by atoms with van der Waals surface area (Å²) in [5.74, 6) is 6.56. The molecule has 0 aromatic carbocycles. The van der Waals surface area contributed by atoms with Gasteiger partial charge >= 0.3 is 0 Å². The molecular weight excluding hydrogens is 238 g/mol. The van der Waals surface area contributed by atoms with E-state index < -0.39 is 0 Å². The van der Waals surface area contributed by atoms with Crippen molar-refractivity contribution in [3.05, 3.63) is 46.4 Å². The molecule has 2 heterocycles. The Hall–Kier alpha value is -1.46. The van der Waals surface area contributed by atoms with Crippen molar-refractivity contribution in [1.29, 1.82) is 0 Å². The predicted molar refractivity (Wildman–Crippen MR) is 76.9 cm³/mol. The fraction of sp³-hybridized carbons (Fsp3) is 0.375. The molecule has 1 nitrogen and oxygen atoms in total. The van der Waals surface area contributed by atoms with Gasteiger partial charge in [-0.05, 0) is 42.3 Å². The van der Waals surface area contributed by atoms with Crippen LogP contribution in [0.2, 0.25) is 0 Å². The van der Waals surface area contributed by atoms with Crippen molar-refractivity contribution < 1.29 is 0 Å². The van der Waals surface area contributed by atoms with Gasteiger partial charge in [0.25, 0.3) is 0 Å². The summed E-state index contributed by atoms with van der Waals surface area (Å²) < 4.78 is 2.37. The SMILES string of the molecule is C(#Cc1cccn1C1CCCCC1)c1ccsc1. The normalized spacial score (nSPS) is 16.2. The van der Waals surface area contributed by atoms with Gasteiger partial charge in [-0.1, -0.05) is 25.2 Å². The summed E-state index contributed by atoms with van der Waals surface area (Å²) in [4.78, 5) is 0. The summed E-state index contributed by atoms with van der Waals surface area (Å²) in [6, 6.07) is 6.99. The van der Waals surface area contributed by atoms with E-state index in [1.165, 1.54) is 32.1 Å². The van der Waals surface area contributed by atoms with E-state index >= 15 is 0 Å². The Bertz CT molecular complexity index is 547. The molecule has 3 rings (SSSR count). The molecule has 2 heteroatoms. The van der Waals surface area contributed by atoms with Crippen molar-refractivity contribution in [2.24, 2.45) is 0 Å². The van der Waals surface area contributed by atoms with Gasteiger partial charge in [-0.3, -0.25) is 0 Å². The predicted octanol–water partition coefficient (Wildman–Crippen LogP) is 4.45. The highest BCUT2D eigenvalue weighted by molar-refractivity contribution is 7.08. The Balaban J connectivity index is 1.82. The van der Waals surface area contributed by atoms with E-state index in [0.717, 1.165) is 11.3 Å². The van der Waals surface area contributed by atoms with Crippen molar-refractivity contribution in [1.82, 2.24) is 4.57 Å². The third-order valence-corrected chi connectivity index (χ3v) is 4.29. The maximum absolute atomic E-state index is 3.31. The summed E-state index contributed by atoms with van der Waals surface area (Å²) in [5.41, 5.74) is 2.28. The minimum atomic E-state index is 0.667. The second kappa shape index (κ2) is 5.46. The van der Waals surface area contributed by atoms with E-state index in [1.54, 1.807) is 11.3 Å². The van der Waals surface area contributed by atoms with Crippen LogP contribution in [-0.4, -0.2) is 4.57 Å². The number of hydrogen-bond acceptors (Lipinski definition) is 1. The van der Waals surface area contributed by atoms with Crippen LogP contribution in [0.25, 0.3) is 0 Å². The summed E-state index contributed by atoms with van der Waals surface area (Å²) in [5, 5.41) is 4.17. The van der Waals surface area contributed by atoms with Crippen molar-refractivity contribution in [3.63, 3.8) is 0 Å². The summed E-state index contributed by atoms with van der Waals surface area (Å²) in [6.07, 6.45) is 8.92. The van der Waals surface area contributed by atoms with Crippen LogP contribution in [0.3, 0.4) is 0 Å². The zero-order valence-corrected chi connectivity index (χ0v) is 11.2. The first kappa shape index (κ1) is 11.6. The van der Waals surface area contributed by atoms with Crippen LogP contribution in [0.1, 0.15) is 49.4 Å². The average molecular weight is 255 g/mol. The second-order valence-corrected chi connectivity index (χ2v) is 5.63. The Kier molecular flexibility index (Phi) is 3.52. The van der Waals surface area contributed by atoms with Crippen LogP contribution in [-0.2, 0) is 0 Å². The first-order chi connectivity index (χ1) is 8.93. The van der Waals surface area contributed by atoms with Crippen molar-refractivity contribution in [3.8, 4) is 11.8 Å². The number of hydrogen-bond donors (Lipinski definition) is 0. The molecule has 0 atom stereocenters. The van der Waals surface area contributed by atoms with Gasteiger partial charge in [0.1, 0.15) is 0 Å². The van der Waals surface area contributed by atoms with Crippen molar-refractivity contribution in [2.75, 3.05) is 0 Å². The standard InChI is InChI=1S/C16H17NS/c1-2-5-15(6-3-1)17-11-4-7-16(17)9-8-14-10-12-18-13-14/h4,7,10-13,15H,1-3,5-6H2. The van der Waals surface area contributed by atoms with Gasteiger partial charge in [0.05, 0.1) is 5.69 Å². The molecule has 1 aliphatic rings. The molecular formula is C16H17NS. The molecule has 0 unspecified atom stereocenters. The lowest BCUT2D eigenvalue weighted by Crippen LogP contribution is -2.13. The molecule has 0 bridgehead atoms. The van der Waals surface area contributed by atoms with Crippen LogP contribution in [0.4, 0.5) is 0 Å². The fourth-order valence-corrected chi connectivity index (χ4v) is 3.24. The van der Waals surface area contributed by atoms with E-state index in [2.05, 4.69) is 51.6 Å². The fourth-order valence-electron chi connectivity index (χ4n) is 2.65. The van der Waals surface area contributed by atoms with E-state index in [1.807, 2.05) is 0 Å². The van der Waals surface area contributed by atoms with Gasteiger partial charge < -0.3 is 4.57 Å². The van der Waals surface area contributed by atoms with Crippen LogP contribution < -0.4 is 0 Å². The number of thiophene rings is 1. The molecule has 0 spiro atoms. The van der Waals surface area contributed by atoms with Crippen LogP contribution in [0.5, 0.6) is 0 Å². The molecule has 1 saturated carbocycles. The minimum absolute atomic E-state index is 0.667. The topological polar surface area (TPSA) is 4.93 Å². The van der Waals surface area contributed by atoms with Gasteiger partial charge in [-0.15, -0.1) is 0 Å². The molecule has 0 amide bonds. The number of nitrogens with zero attached hydrogens (tertiary/aromatic N) is 1. The van der Waals surface area contributed by atoms with Crippen molar-refractivity contribution in [2.45, 2.75) is 38.1 Å². The van der Waals surface area contributed by atoms with Gasteiger partial charge in [-0.2, -0.15) is 11.3 Å². The largest absolute Gasteiger partial charge is 0.338 e. The highest BCUT2D eigenvalue weighted by atomic mass is 32.1. The Morgan fingerprint density at radius 1 is 1.11 bits per heavy atom. The molecule has 18 heavy (non-hydrogen) atoms. The zero-order valence-electron chi connectivity index (χ0n) is 10.4. The third kappa shape index (κ3) is 2.52. The molecule has 1 aliphatic carbocycles. The highest BCUT2D eigenvalue weighted by Crippen LogP contribution is 2.29. The lowest BCUT2D eigenvalue weighted by molar-refractivity contribution is 0.352. The van der Waals surface area contributed by atoms with Gasteiger partial charge in [0, 0.05) is 23.2 Å². The van der Waals surface area contributed by atoms with Gasteiger partial charge in [0.15, 0.2) is 0 Å². The summed E-state index contributed by atoms with van der Waals surface area (Å²) in [7, 11) is 0. The first-order valence-corrected chi connectivity index (χ1v) is 7.59. The van der Waals surface area contributed by atoms with Gasteiger partial charge in [0.2, 0.25) is 0 Å². The van der Waals surface area contributed by atoms with E-state index in [4.69, 9.17) is 0 Å². The zero-order chi connectivity index (χ0) is 12.2. The molecule has 0 N–H and O–H groups in total. The van der Waals surface area contributed by atoms with Crippen LogP contribution >= 0.6 is 11.3 Å². The molecule has 0 saturated heterocycles. The van der Waals surface area contributed by atoms with Crippen LogP contribution in [0.15, 0.2) is 35.2 Å².